The van der Waals surface area contributed by atoms with Crippen LogP contribution in [0, 0.1) is 0 Å². The number of benzene rings is 7. The Hall–Kier alpha value is -5.84. The second-order valence-corrected chi connectivity index (χ2v) is 15.4. The molecular weight excluding hydrogens is 579 g/mol. The zero-order valence-corrected chi connectivity index (χ0v) is 26.0. The predicted octanol–water partition coefficient (Wildman–Crippen LogP) is 8.41. The highest BCUT2D eigenvalue weighted by Crippen LogP contribution is 2.50. The zero-order valence-electron chi connectivity index (χ0n) is 25.0. The molecule has 9 rings (SSSR count). The Morgan fingerprint density at radius 3 is 1.57 bits per heavy atom. The summed E-state index contributed by atoms with van der Waals surface area (Å²) in [6, 6.07) is 62.6. The second kappa shape index (κ2) is 10.7. The molecule has 0 spiro atoms. The maximum atomic E-state index is 6.68. The van der Waals surface area contributed by atoms with E-state index < -0.39 is 8.07 Å². The maximum absolute atomic E-state index is 6.68. The third-order valence-corrected chi connectivity index (χ3v) is 14.1. The van der Waals surface area contributed by atoms with Crippen LogP contribution in [0.4, 0.5) is 17.1 Å². The molecule has 2 heterocycles. The lowest BCUT2D eigenvalue weighted by molar-refractivity contribution is 0.361. The minimum absolute atomic E-state index is 0.741. The van der Waals surface area contributed by atoms with Gasteiger partial charge < -0.3 is 14.4 Å². The number of hydrogen-bond donors (Lipinski definition) is 0. The lowest BCUT2D eigenvalue weighted by atomic mass is 10.0. The Kier molecular flexibility index (Phi) is 6.15. The highest BCUT2D eigenvalue weighted by molar-refractivity contribution is 7.22. The van der Waals surface area contributed by atoms with Crippen molar-refractivity contribution in [2.45, 2.75) is 0 Å². The van der Waals surface area contributed by atoms with E-state index in [1.54, 1.807) is 0 Å². The third-order valence-electron chi connectivity index (χ3n) is 9.20. The first-order valence-electron chi connectivity index (χ1n) is 15.6. The minimum Gasteiger partial charge on any atom is -0.449 e. The summed E-state index contributed by atoms with van der Waals surface area (Å²) in [5, 5.41) is 5.35. The number of hydrogen-bond acceptors (Lipinski definition) is 3. The van der Waals surface area contributed by atoms with E-state index in [1.165, 1.54) is 26.3 Å². The highest BCUT2D eigenvalue weighted by Gasteiger charge is 2.50. The predicted molar refractivity (Wildman–Crippen MR) is 190 cm³/mol. The molecule has 3 nitrogen and oxygen atoms in total. The lowest BCUT2D eigenvalue weighted by Crippen LogP contribution is -2.72. The molecule has 2 aliphatic rings. The fourth-order valence-corrected chi connectivity index (χ4v) is 12.4. The molecule has 7 aromatic carbocycles. The Balaban J connectivity index is 1.27. The van der Waals surface area contributed by atoms with E-state index >= 15 is 0 Å². The molecule has 0 amide bonds. The summed E-state index contributed by atoms with van der Waals surface area (Å²) in [7, 11) is -2.75. The summed E-state index contributed by atoms with van der Waals surface area (Å²) in [6.45, 7) is 0. The van der Waals surface area contributed by atoms with Gasteiger partial charge in [0.25, 0.3) is 0 Å². The van der Waals surface area contributed by atoms with Crippen LogP contribution in [0.15, 0.2) is 176 Å². The first kappa shape index (κ1) is 26.5. The Morgan fingerprint density at radius 1 is 0.370 bits per heavy atom. The summed E-state index contributed by atoms with van der Waals surface area (Å²) >= 11 is 0. The molecule has 0 radical (unpaired) electrons. The average molecular weight is 608 g/mol. The molecule has 2 aliphatic heterocycles. The summed E-state index contributed by atoms with van der Waals surface area (Å²) in [5.41, 5.74) is 5.71. The smallest absolute Gasteiger partial charge is 0.181 e. The van der Waals surface area contributed by atoms with Crippen molar-refractivity contribution in [2.75, 3.05) is 4.90 Å². The minimum atomic E-state index is -2.75. The first-order valence-corrected chi connectivity index (χ1v) is 17.6. The molecule has 0 N–H and O–H groups in total. The number of fused-ring (bicyclic) bond motifs is 6. The van der Waals surface area contributed by atoms with Gasteiger partial charge in [-0.2, -0.15) is 0 Å². The fraction of sp³-hybridized carbons (Fsp3) is 0. The van der Waals surface area contributed by atoms with Crippen LogP contribution in [-0.4, -0.2) is 8.07 Å². The van der Waals surface area contributed by atoms with Crippen LogP contribution in [0.1, 0.15) is 0 Å². The molecule has 0 bridgehead atoms. The molecule has 46 heavy (non-hydrogen) atoms. The van der Waals surface area contributed by atoms with Crippen LogP contribution in [0.25, 0.3) is 11.1 Å². The van der Waals surface area contributed by atoms with Crippen LogP contribution >= 0.6 is 0 Å². The third kappa shape index (κ3) is 3.97. The number of anilines is 3. The molecule has 7 aromatic rings. The van der Waals surface area contributed by atoms with Gasteiger partial charge >= 0.3 is 0 Å². The standard InChI is InChI=1S/C42H29NO2Si/c1-4-14-30(15-5-1)43(31-16-6-2-7-17-31)32-24-26-34(27-25-32)46(33-18-8-3-9-19-33)39-23-13-10-20-35(39)41-40(46)29-28-38-42(41)45-37-22-12-11-21-36(37)44-38/h1-29H. The van der Waals surface area contributed by atoms with Crippen molar-refractivity contribution < 1.29 is 9.47 Å². The zero-order chi connectivity index (χ0) is 30.5. The Morgan fingerprint density at radius 2 is 0.891 bits per heavy atom. The Bertz CT molecular complexity index is 2160. The summed E-state index contributed by atoms with van der Waals surface area (Å²) in [5.74, 6) is 3.03. The quantitative estimate of drug-likeness (QED) is 0.183. The van der Waals surface area contributed by atoms with Crippen molar-refractivity contribution in [2.24, 2.45) is 0 Å². The molecule has 0 saturated heterocycles. The van der Waals surface area contributed by atoms with E-state index in [4.69, 9.17) is 9.47 Å². The first-order chi connectivity index (χ1) is 22.8. The summed E-state index contributed by atoms with van der Waals surface area (Å²) in [6.07, 6.45) is 0. The average Bonchev–Trinajstić information content (AvgIpc) is 3.44. The maximum Gasteiger partial charge on any atom is 0.181 e. The molecule has 0 saturated carbocycles. The molecule has 1 unspecified atom stereocenters. The van der Waals surface area contributed by atoms with E-state index in [2.05, 4.69) is 157 Å². The SMILES string of the molecule is c1ccc(N(c2ccccc2)c2ccc([Si]3(c4ccccc4)c4ccccc4-c4c3ccc3c4Oc4ccccc4O3)cc2)cc1. The van der Waals surface area contributed by atoms with Crippen molar-refractivity contribution in [3.05, 3.63) is 176 Å². The fourth-order valence-electron chi connectivity index (χ4n) is 7.28. The molecular formula is C42H29NO2Si. The van der Waals surface area contributed by atoms with Gasteiger partial charge in [-0.25, -0.2) is 0 Å². The number of nitrogens with zero attached hydrogens (tertiary/aromatic N) is 1. The highest BCUT2D eigenvalue weighted by atomic mass is 28.3. The topological polar surface area (TPSA) is 21.7 Å². The van der Waals surface area contributed by atoms with E-state index in [9.17, 15) is 0 Å². The van der Waals surface area contributed by atoms with Gasteiger partial charge in [0.05, 0.1) is 0 Å². The Labute approximate surface area is 269 Å². The van der Waals surface area contributed by atoms with Gasteiger partial charge in [-0.15, -0.1) is 0 Å². The van der Waals surface area contributed by atoms with Gasteiger partial charge in [-0.3, -0.25) is 0 Å². The molecule has 0 aliphatic carbocycles. The van der Waals surface area contributed by atoms with Crippen LogP contribution < -0.4 is 35.1 Å². The van der Waals surface area contributed by atoms with Crippen LogP contribution in [0.2, 0.25) is 0 Å². The molecule has 1 atom stereocenters. The van der Waals surface area contributed by atoms with Gasteiger partial charge in [0.2, 0.25) is 0 Å². The van der Waals surface area contributed by atoms with E-state index in [-0.39, 0.29) is 0 Å². The number of para-hydroxylation sites is 4. The van der Waals surface area contributed by atoms with Gasteiger partial charge in [0, 0.05) is 22.6 Å². The number of rotatable bonds is 5. The molecule has 0 aromatic heterocycles. The summed E-state index contributed by atoms with van der Waals surface area (Å²) in [4.78, 5) is 2.32. The van der Waals surface area contributed by atoms with Crippen LogP contribution in [0.5, 0.6) is 23.0 Å². The normalized spacial score (nSPS) is 15.4. The van der Waals surface area contributed by atoms with Crippen molar-refractivity contribution in [3.8, 4) is 34.1 Å². The van der Waals surface area contributed by atoms with E-state index in [0.717, 1.165) is 45.6 Å². The number of ether oxygens (including phenoxy) is 2. The second-order valence-electron chi connectivity index (χ2n) is 11.7. The van der Waals surface area contributed by atoms with Gasteiger partial charge in [0.1, 0.15) is 0 Å². The van der Waals surface area contributed by atoms with Crippen LogP contribution in [-0.2, 0) is 0 Å². The van der Waals surface area contributed by atoms with Gasteiger partial charge in [0.15, 0.2) is 31.1 Å². The van der Waals surface area contributed by atoms with E-state index in [1.807, 2.05) is 24.3 Å². The van der Waals surface area contributed by atoms with Crippen molar-refractivity contribution >= 4 is 45.9 Å². The van der Waals surface area contributed by atoms with Crippen molar-refractivity contribution in [1.82, 2.24) is 0 Å². The lowest BCUT2D eigenvalue weighted by Gasteiger charge is -2.32. The molecule has 4 heteroatoms. The summed E-state index contributed by atoms with van der Waals surface area (Å²) < 4.78 is 13.1. The van der Waals surface area contributed by atoms with Crippen LogP contribution in [0.3, 0.4) is 0 Å². The molecule has 0 fully saturated rings. The van der Waals surface area contributed by atoms with Gasteiger partial charge in [-0.05, 0) is 80.9 Å². The van der Waals surface area contributed by atoms with Crippen molar-refractivity contribution in [3.63, 3.8) is 0 Å². The largest absolute Gasteiger partial charge is 0.449 e. The van der Waals surface area contributed by atoms with E-state index in [0.29, 0.717) is 0 Å². The van der Waals surface area contributed by atoms with Crippen molar-refractivity contribution in [1.29, 1.82) is 0 Å². The molecule has 218 valence electrons. The monoisotopic (exact) mass is 607 g/mol. The van der Waals surface area contributed by atoms with Gasteiger partial charge in [-0.1, -0.05) is 121 Å².